The monoisotopic (exact) mass is 377 g/mol. The molecule has 1 amide bonds. The summed E-state index contributed by atoms with van der Waals surface area (Å²) in [5.74, 6) is 1.95. The summed E-state index contributed by atoms with van der Waals surface area (Å²) in [6, 6.07) is 4.17. The normalized spacial score (nSPS) is 19.3. The second-order valence-electron chi connectivity index (χ2n) is 7.60. The van der Waals surface area contributed by atoms with E-state index in [-0.39, 0.29) is 11.9 Å². The van der Waals surface area contributed by atoms with Crippen LogP contribution in [-0.4, -0.2) is 61.0 Å². The molecule has 0 aliphatic carbocycles. The predicted octanol–water partition coefficient (Wildman–Crippen LogP) is 1.89. The van der Waals surface area contributed by atoms with Crippen LogP contribution >= 0.6 is 0 Å². The van der Waals surface area contributed by atoms with Crippen LogP contribution in [0, 0.1) is 0 Å². The van der Waals surface area contributed by atoms with Gasteiger partial charge in [-0.05, 0) is 25.5 Å². The Morgan fingerprint density at radius 3 is 2.68 bits per heavy atom. The first-order valence-electron chi connectivity index (χ1n) is 9.81. The lowest BCUT2D eigenvalue weighted by Gasteiger charge is -2.39. The minimum Gasteiger partial charge on any atom is -0.337 e. The van der Waals surface area contributed by atoms with Crippen molar-refractivity contribution in [2.24, 2.45) is 0 Å². The van der Waals surface area contributed by atoms with Gasteiger partial charge in [-0.25, -0.2) is 19.9 Å². The van der Waals surface area contributed by atoms with Crippen LogP contribution in [0.1, 0.15) is 26.1 Å². The molecule has 0 saturated carbocycles. The molecule has 3 aromatic heterocycles. The van der Waals surface area contributed by atoms with Crippen molar-refractivity contribution in [2.45, 2.75) is 39.3 Å². The van der Waals surface area contributed by atoms with Gasteiger partial charge in [0, 0.05) is 63.5 Å². The maximum atomic E-state index is 11.7. The van der Waals surface area contributed by atoms with Crippen molar-refractivity contribution in [3.05, 3.63) is 30.4 Å². The van der Waals surface area contributed by atoms with Gasteiger partial charge in [0.1, 0.15) is 11.3 Å². The molecule has 1 atom stereocenters. The van der Waals surface area contributed by atoms with Crippen LogP contribution in [0.25, 0.3) is 22.4 Å². The maximum absolute atomic E-state index is 11.7. The van der Waals surface area contributed by atoms with Gasteiger partial charge in [-0.3, -0.25) is 4.79 Å². The molecule has 2 aliphatic heterocycles. The van der Waals surface area contributed by atoms with Gasteiger partial charge in [-0.15, -0.1) is 0 Å². The summed E-state index contributed by atoms with van der Waals surface area (Å²) in [5, 5.41) is 0. The molecule has 8 nitrogen and oxygen atoms in total. The smallest absolute Gasteiger partial charge is 0.225 e. The molecule has 2 aliphatic rings. The van der Waals surface area contributed by atoms with E-state index >= 15 is 0 Å². The van der Waals surface area contributed by atoms with E-state index in [0.717, 1.165) is 60.7 Å². The maximum Gasteiger partial charge on any atom is 0.225 e. The number of pyridine rings is 1. The summed E-state index contributed by atoms with van der Waals surface area (Å²) < 4.78 is 2.21. The topological polar surface area (TPSA) is 80.0 Å². The fourth-order valence-electron chi connectivity index (χ4n) is 4.25. The van der Waals surface area contributed by atoms with Gasteiger partial charge in [-0.2, -0.15) is 0 Å². The Hall–Kier alpha value is -3.03. The van der Waals surface area contributed by atoms with Crippen LogP contribution < -0.4 is 4.90 Å². The Morgan fingerprint density at radius 1 is 1.11 bits per heavy atom. The van der Waals surface area contributed by atoms with E-state index in [0.29, 0.717) is 12.5 Å². The number of carbonyl (C=O) groups excluding carboxylic acids is 1. The van der Waals surface area contributed by atoms with Gasteiger partial charge < -0.3 is 14.4 Å². The zero-order valence-corrected chi connectivity index (χ0v) is 16.2. The number of hydrogen-bond donors (Lipinski definition) is 0. The first-order chi connectivity index (χ1) is 13.6. The van der Waals surface area contributed by atoms with E-state index in [2.05, 4.69) is 31.3 Å². The lowest BCUT2D eigenvalue weighted by Crippen LogP contribution is -2.53. The van der Waals surface area contributed by atoms with E-state index in [1.54, 1.807) is 6.92 Å². The minimum absolute atomic E-state index is 0.122. The average molecular weight is 377 g/mol. The number of hydrogen-bond acceptors (Lipinski definition) is 6. The van der Waals surface area contributed by atoms with Gasteiger partial charge in [0.2, 0.25) is 11.9 Å². The molecule has 5 heterocycles. The zero-order valence-electron chi connectivity index (χ0n) is 16.2. The van der Waals surface area contributed by atoms with Crippen LogP contribution in [0.5, 0.6) is 0 Å². The third-order valence-electron chi connectivity index (χ3n) is 5.70. The highest BCUT2D eigenvalue weighted by Crippen LogP contribution is 2.25. The molecule has 3 aromatic rings. The summed E-state index contributed by atoms with van der Waals surface area (Å²) >= 11 is 0. The number of fused-ring (bicyclic) bond motifs is 3. The molecule has 0 unspecified atom stereocenters. The predicted molar refractivity (Wildman–Crippen MR) is 106 cm³/mol. The lowest BCUT2D eigenvalue weighted by molar-refractivity contribution is -0.131. The molecule has 8 heteroatoms. The third-order valence-corrected chi connectivity index (χ3v) is 5.70. The van der Waals surface area contributed by atoms with Gasteiger partial charge in [0.05, 0.1) is 5.69 Å². The number of carbonyl (C=O) groups is 1. The molecule has 0 radical (unpaired) electrons. The quantitative estimate of drug-likeness (QED) is 0.679. The lowest BCUT2D eigenvalue weighted by atomic mass is 10.2. The molecule has 0 spiro atoms. The first kappa shape index (κ1) is 17.1. The molecule has 5 rings (SSSR count). The summed E-state index contributed by atoms with van der Waals surface area (Å²) in [4.78, 5) is 34.3. The number of aryl methyl sites for hydroxylation is 2. The van der Waals surface area contributed by atoms with Gasteiger partial charge in [0.15, 0.2) is 5.65 Å². The molecule has 28 heavy (non-hydrogen) atoms. The highest BCUT2D eigenvalue weighted by Gasteiger charge is 2.26. The van der Waals surface area contributed by atoms with E-state index in [1.165, 1.54) is 0 Å². The molecule has 0 bridgehead atoms. The highest BCUT2D eigenvalue weighted by molar-refractivity contribution is 5.76. The van der Waals surface area contributed by atoms with E-state index in [4.69, 9.17) is 4.98 Å². The third kappa shape index (κ3) is 2.80. The van der Waals surface area contributed by atoms with Gasteiger partial charge >= 0.3 is 0 Å². The Kier molecular flexibility index (Phi) is 3.99. The first-order valence-corrected chi connectivity index (χ1v) is 9.81. The Balaban J connectivity index is 1.38. The van der Waals surface area contributed by atoms with Crippen LogP contribution in [0.2, 0.25) is 0 Å². The average Bonchev–Trinajstić information content (AvgIpc) is 3.28. The number of amides is 1. The Morgan fingerprint density at radius 2 is 1.93 bits per heavy atom. The fourth-order valence-corrected chi connectivity index (χ4v) is 4.25. The number of piperazine rings is 1. The summed E-state index contributed by atoms with van der Waals surface area (Å²) in [6.07, 6.45) is 5.83. The van der Waals surface area contributed by atoms with Crippen molar-refractivity contribution >= 4 is 23.0 Å². The fraction of sp³-hybridized carbons (Fsp3) is 0.450. The van der Waals surface area contributed by atoms with Crippen molar-refractivity contribution in [2.75, 3.05) is 24.5 Å². The van der Waals surface area contributed by atoms with Crippen molar-refractivity contribution in [3.8, 4) is 11.3 Å². The number of anilines is 1. The van der Waals surface area contributed by atoms with Gasteiger partial charge in [0.25, 0.3) is 0 Å². The number of nitrogens with zero attached hydrogens (tertiary/aromatic N) is 7. The van der Waals surface area contributed by atoms with Crippen molar-refractivity contribution < 1.29 is 4.79 Å². The molecule has 0 aromatic carbocycles. The summed E-state index contributed by atoms with van der Waals surface area (Å²) in [7, 11) is 0. The summed E-state index contributed by atoms with van der Waals surface area (Å²) in [5.41, 5.74) is 3.66. The molecule has 0 N–H and O–H groups in total. The van der Waals surface area contributed by atoms with Crippen LogP contribution in [0.4, 0.5) is 5.95 Å². The molecular formula is C20H23N7O. The van der Waals surface area contributed by atoms with Crippen molar-refractivity contribution in [3.63, 3.8) is 0 Å². The van der Waals surface area contributed by atoms with Crippen molar-refractivity contribution in [1.29, 1.82) is 0 Å². The molecule has 1 saturated heterocycles. The van der Waals surface area contributed by atoms with Crippen LogP contribution in [-0.2, 0) is 17.8 Å². The number of rotatable bonds is 2. The van der Waals surface area contributed by atoms with E-state index < -0.39 is 0 Å². The number of imidazole rings is 1. The minimum atomic E-state index is 0.122. The highest BCUT2D eigenvalue weighted by atomic mass is 16.2. The Labute approximate surface area is 163 Å². The van der Waals surface area contributed by atoms with Crippen LogP contribution in [0.15, 0.2) is 24.5 Å². The molecule has 144 valence electrons. The molecular weight excluding hydrogens is 354 g/mol. The second kappa shape index (κ2) is 6.54. The zero-order chi connectivity index (χ0) is 19.3. The Bertz CT molecular complexity index is 1040. The van der Waals surface area contributed by atoms with Gasteiger partial charge in [-0.1, -0.05) is 0 Å². The van der Waals surface area contributed by atoms with Crippen molar-refractivity contribution in [1.82, 2.24) is 29.4 Å². The largest absolute Gasteiger partial charge is 0.337 e. The van der Waals surface area contributed by atoms with E-state index in [9.17, 15) is 4.79 Å². The second-order valence-corrected chi connectivity index (χ2v) is 7.60. The summed E-state index contributed by atoms with van der Waals surface area (Å²) in [6.45, 7) is 6.86. The van der Waals surface area contributed by atoms with E-state index in [1.807, 2.05) is 29.4 Å². The molecule has 1 fully saturated rings. The SMILES string of the molecule is CC(=O)N1CCN(c2ncc(-c3ccc4nc5n(c4n3)CCC5)cn2)C[C@H]1C. The number of aromatic nitrogens is 5. The standard InChI is InChI=1S/C20H23N7O/c1-13-12-25(8-9-26(13)14(2)28)20-21-10-15(11-22-20)16-5-6-17-19(24-16)27-7-3-4-18(27)23-17/h5-6,10-11,13H,3-4,7-9,12H2,1-2H3/t13-/m1/s1. The van der Waals surface area contributed by atoms with Crippen LogP contribution in [0.3, 0.4) is 0 Å².